The summed E-state index contributed by atoms with van der Waals surface area (Å²) in [5.41, 5.74) is 9.21. The van der Waals surface area contributed by atoms with Crippen molar-refractivity contribution in [2.45, 2.75) is 13.2 Å². The number of nitrogens with zero attached hydrogens (tertiary/aromatic N) is 6. The molecule has 4 aromatic carbocycles. The number of aryl methyl sites for hydroxylation is 1. The number of pyridine rings is 5. The van der Waals surface area contributed by atoms with Gasteiger partial charge in [-0.2, -0.15) is 0 Å². The van der Waals surface area contributed by atoms with Crippen molar-refractivity contribution in [2.75, 3.05) is 0 Å². The highest BCUT2D eigenvalue weighted by molar-refractivity contribution is 6.22. The van der Waals surface area contributed by atoms with E-state index in [0.29, 0.717) is 22.8 Å². The number of aromatic nitrogens is 9. The molecule has 3 N–H and O–H groups in total. The number of alkyl halides is 2. The fraction of sp³-hybridized carbons (Fsp3) is 0.0465. The number of fused-ring (bicyclic) bond motifs is 14. The quantitative estimate of drug-likeness (QED) is 0.146. The van der Waals surface area contributed by atoms with Crippen molar-refractivity contribution < 1.29 is 18.3 Å². The average molecular weight is 754 g/mol. The summed E-state index contributed by atoms with van der Waals surface area (Å²) in [4.78, 5) is 49.9. The normalized spacial score (nSPS) is 13.3. The second-order valence-electron chi connectivity index (χ2n) is 13.6. The van der Waals surface area contributed by atoms with E-state index in [9.17, 15) is 13.6 Å². The summed E-state index contributed by atoms with van der Waals surface area (Å²) in [5.74, 6) is 1.03. The van der Waals surface area contributed by atoms with Crippen molar-refractivity contribution in [3.05, 3.63) is 132 Å². The summed E-state index contributed by atoms with van der Waals surface area (Å²) in [7, 11) is 0. The van der Waals surface area contributed by atoms with Gasteiger partial charge in [0.2, 0.25) is 0 Å². The van der Waals surface area contributed by atoms with E-state index in [-0.39, 0.29) is 17.1 Å². The van der Waals surface area contributed by atoms with Gasteiger partial charge in [-0.3, -0.25) is 24.7 Å². The van der Waals surface area contributed by atoms with Gasteiger partial charge in [0.25, 0.3) is 5.56 Å². The number of nitrogens with one attached hydrogen (secondary N) is 3. The molecule has 0 radical (unpaired) electrons. The van der Waals surface area contributed by atoms with Gasteiger partial charge in [0, 0.05) is 57.4 Å². The molecule has 12 nitrogen and oxygen atoms in total. The minimum Gasteiger partial charge on any atom is -0.395 e. The molecule has 57 heavy (non-hydrogen) atoms. The highest BCUT2D eigenvalue weighted by atomic mass is 19.3. The SMILES string of the molecule is Cc1ccc2[nH]c(=O)c(-c3nc4c5cccnc5c5ncccc5c4[nH]3)cc2c1.FC1(F)Oc2ccc(-c3nc4c5cccnc5c5ncccc5c4[nH]3)cc2O1. The van der Waals surface area contributed by atoms with Gasteiger partial charge in [-0.15, -0.1) is 8.78 Å². The fourth-order valence-corrected chi connectivity index (χ4v) is 7.55. The number of ether oxygens (including phenoxy) is 2. The largest absolute Gasteiger partial charge is 0.586 e. The molecule has 0 spiro atoms. The molecule has 0 fully saturated rings. The molecule has 0 bridgehead atoms. The number of H-pyrrole nitrogens is 3. The smallest absolute Gasteiger partial charge is 0.395 e. The lowest BCUT2D eigenvalue weighted by molar-refractivity contribution is -0.286. The predicted molar refractivity (Wildman–Crippen MR) is 213 cm³/mol. The molecule has 0 atom stereocenters. The number of hydrogen-bond acceptors (Lipinski definition) is 9. The molecule has 1 aliphatic rings. The molecular weight excluding hydrogens is 729 g/mol. The summed E-state index contributed by atoms with van der Waals surface area (Å²) in [6.07, 6.45) is 3.30. The van der Waals surface area contributed by atoms with Crippen molar-refractivity contribution in [1.82, 2.24) is 44.9 Å². The van der Waals surface area contributed by atoms with Crippen molar-refractivity contribution >= 4 is 76.6 Å². The van der Waals surface area contributed by atoms with Gasteiger partial charge < -0.3 is 24.4 Å². The van der Waals surface area contributed by atoms with E-state index in [1.807, 2.05) is 73.7 Å². The Bertz CT molecular complexity index is 3380. The van der Waals surface area contributed by atoms with Crippen LogP contribution in [0, 0.1) is 6.92 Å². The molecule has 0 unspecified atom stereocenters. The van der Waals surface area contributed by atoms with Gasteiger partial charge in [-0.25, -0.2) is 9.97 Å². The Labute approximate surface area is 318 Å². The highest BCUT2D eigenvalue weighted by Gasteiger charge is 2.43. The first kappa shape index (κ1) is 32.6. The van der Waals surface area contributed by atoms with E-state index in [0.717, 1.165) is 82.1 Å². The molecule has 12 rings (SSSR count). The van der Waals surface area contributed by atoms with Crippen LogP contribution in [-0.2, 0) is 0 Å². The van der Waals surface area contributed by atoms with Crippen molar-refractivity contribution in [3.8, 4) is 34.3 Å². The molecule has 0 aliphatic carbocycles. The Balaban J connectivity index is 0.000000131. The van der Waals surface area contributed by atoms with E-state index >= 15 is 0 Å². The maximum Gasteiger partial charge on any atom is 0.586 e. The van der Waals surface area contributed by atoms with Crippen molar-refractivity contribution in [2.24, 2.45) is 0 Å². The molecule has 14 heteroatoms. The molecule has 0 amide bonds. The van der Waals surface area contributed by atoms with E-state index in [4.69, 9.17) is 9.97 Å². The molecule has 0 saturated carbocycles. The number of aromatic amines is 3. The van der Waals surface area contributed by atoms with Crippen LogP contribution < -0.4 is 15.0 Å². The molecule has 274 valence electrons. The Morgan fingerprint density at radius 3 is 1.74 bits per heavy atom. The summed E-state index contributed by atoms with van der Waals surface area (Å²) in [6, 6.07) is 27.7. The first-order valence-electron chi connectivity index (χ1n) is 17.8. The third-order valence-corrected chi connectivity index (χ3v) is 10.1. The lowest BCUT2D eigenvalue weighted by atomic mass is 10.1. The lowest BCUT2D eigenvalue weighted by Crippen LogP contribution is -2.25. The van der Waals surface area contributed by atoms with Crippen molar-refractivity contribution in [1.29, 1.82) is 0 Å². The second-order valence-corrected chi connectivity index (χ2v) is 13.6. The number of benzene rings is 4. The van der Waals surface area contributed by atoms with E-state index in [2.05, 4.69) is 50.4 Å². The van der Waals surface area contributed by atoms with Gasteiger partial charge in [-0.1, -0.05) is 11.6 Å². The Morgan fingerprint density at radius 2 is 1.11 bits per heavy atom. The van der Waals surface area contributed by atoms with E-state index < -0.39 is 6.29 Å². The van der Waals surface area contributed by atoms with Gasteiger partial charge >= 0.3 is 6.29 Å². The molecule has 8 heterocycles. The predicted octanol–water partition coefficient (Wildman–Crippen LogP) is 9.12. The van der Waals surface area contributed by atoms with Crippen LogP contribution in [0.15, 0.2) is 121 Å². The minimum atomic E-state index is -3.65. The van der Waals surface area contributed by atoms with Gasteiger partial charge in [-0.05, 0) is 97.2 Å². The number of rotatable bonds is 2. The minimum absolute atomic E-state index is 0.00541. The van der Waals surface area contributed by atoms with Crippen LogP contribution in [0.5, 0.6) is 11.5 Å². The topological polar surface area (TPSA) is 160 Å². The van der Waals surface area contributed by atoms with Crippen LogP contribution in [0.4, 0.5) is 8.78 Å². The summed E-state index contributed by atoms with van der Waals surface area (Å²) < 4.78 is 35.6. The third-order valence-electron chi connectivity index (χ3n) is 10.1. The number of hydrogen-bond donors (Lipinski definition) is 3. The van der Waals surface area contributed by atoms with Crippen LogP contribution in [0.1, 0.15) is 5.56 Å². The van der Waals surface area contributed by atoms with Crippen LogP contribution in [0.2, 0.25) is 0 Å². The van der Waals surface area contributed by atoms with Crippen molar-refractivity contribution in [3.63, 3.8) is 0 Å². The fourth-order valence-electron chi connectivity index (χ4n) is 7.55. The molecule has 0 saturated heterocycles. The number of halogens is 2. The Kier molecular flexibility index (Phi) is 6.89. The summed E-state index contributed by atoms with van der Waals surface area (Å²) in [5, 5.41) is 4.55. The van der Waals surface area contributed by atoms with Crippen LogP contribution in [0.3, 0.4) is 0 Å². The first-order valence-corrected chi connectivity index (χ1v) is 17.8. The standard InChI is InChI=1S/C23H15N5O.C20H10F2N4O2/c1-12-6-7-17-13(10-12)11-16(23(29)26-17)22-27-20-14-4-2-8-24-18(14)19-15(21(20)28-22)5-3-9-25-19;21-20(22)27-13-6-5-10(9-14(13)28-20)19-25-17-11-3-1-7-23-15(11)16-12(18(17)26-19)4-2-8-24-16/h2-11H,1H3,(H,26,29)(H,27,28);1-9H,(H,25,26). The van der Waals surface area contributed by atoms with Crippen LogP contribution in [0.25, 0.3) is 99.4 Å². The average Bonchev–Trinajstić information content (AvgIpc) is 3.96. The zero-order valence-electron chi connectivity index (χ0n) is 29.6. The second kappa shape index (κ2) is 12.1. The highest BCUT2D eigenvalue weighted by Crippen LogP contribution is 2.43. The molecule has 11 aromatic rings. The maximum absolute atomic E-state index is 13.3. The van der Waals surface area contributed by atoms with Gasteiger partial charge in [0.05, 0.1) is 49.7 Å². The van der Waals surface area contributed by atoms with Crippen LogP contribution in [-0.4, -0.2) is 51.2 Å². The Hall–Kier alpha value is -7.87. The number of imidazole rings is 2. The van der Waals surface area contributed by atoms with Gasteiger partial charge in [0.1, 0.15) is 11.6 Å². The summed E-state index contributed by atoms with van der Waals surface area (Å²) in [6.45, 7) is 2.03. The maximum atomic E-state index is 13.3. The zero-order chi connectivity index (χ0) is 38.4. The lowest BCUT2D eigenvalue weighted by Gasteiger charge is -2.04. The van der Waals surface area contributed by atoms with Gasteiger partial charge in [0.15, 0.2) is 11.5 Å². The third kappa shape index (κ3) is 5.22. The van der Waals surface area contributed by atoms with E-state index in [1.54, 1.807) is 30.9 Å². The monoisotopic (exact) mass is 753 g/mol. The molecule has 7 aromatic heterocycles. The van der Waals surface area contributed by atoms with E-state index in [1.165, 1.54) is 12.1 Å². The zero-order valence-corrected chi connectivity index (χ0v) is 29.6. The summed E-state index contributed by atoms with van der Waals surface area (Å²) >= 11 is 0. The first-order chi connectivity index (χ1) is 27.8. The van der Waals surface area contributed by atoms with Crippen LogP contribution >= 0.6 is 0 Å². The molecular formula is C43H25F2N9O3. The molecule has 1 aliphatic heterocycles. The Morgan fingerprint density at radius 1 is 0.561 bits per heavy atom.